The fourth-order valence-electron chi connectivity index (χ4n) is 3.72. The molecule has 0 unspecified atom stereocenters. The van der Waals surface area contributed by atoms with Gasteiger partial charge in [-0.1, -0.05) is 39.8 Å². The summed E-state index contributed by atoms with van der Waals surface area (Å²) >= 11 is 0. The van der Waals surface area contributed by atoms with Crippen LogP contribution in [0.15, 0.2) is 49.1 Å². The number of hydrogen-bond donors (Lipinski definition) is 2. The molecule has 1 fully saturated rings. The lowest BCUT2D eigenvalue weighted by atomic mass is 10.1. The number of nitrogens with one attached hydrogen (secondary N) is 2. The minimum atomic E-state index is -0.132. The fourth-order valence-corrected chi connectivity index (χ4v) is 3.72. The quantitative estimate of drug-likeness (QED) is 0.415. The number of nitrogens with zero attached hydrogens (tertiary/aromatic N) is 5. The van der Waals surface area contributed by atoms with Crippen LogP contribution in [0, 0.1) is 6.92 Å². The van der Waals surface area contributed by atoms with Gasteiger partial charge in [0.05, 0.1) is 36.4 Å². The zero-order chi connectivity index (χ0) is 25.9. The normalized spacial score (nSPS) is 12.8. The summed E-state index contributed by atoms with van der Waals surface area (Å²) in [5, 5.41) is 3.89. The van der Waals surface area contributed by atoms with Crippen molar-refractivity contribution in [3.8, 4) is 11.3 Å². The Morgan fingerprint density at radius 2 is 1.72 bits per heavy atom. The third-order valence-corrected chi connectivity index (χ3v) is 5.37. The molecule has 0 radical (unpaired) electrons. The van der Waals surface area contributed by atoms with Crippen LogP contribution >= 0.6 is 0 Å². The number of morpholine rings is 1. The average molecular weight is 490 g/mol. The molecule has 1 amide bonds. The molecular formula is C27H35N7O2. The number of amides is 1. The topological polar surface area (TPSA) is 109 Å². The van der Waals surface area contributed by atoms with Crippen LogP contribution < -0.4 is 10.2 Å². The first-order valence-electron chi connectivity index (χ1n) is 12.5. The molecule has 9 heteroatoms. The van der Waals surface area contributed by atoms with Gasteiger partial charge in [-0.3, -0.25) is 14.8 Å². The third-order valence-electron chi connectivity index (χ3n) is 5.37. The van der Waals surface area contributed by atoms with Crippen LogP contribution in [0.1, 0.15) is 39.1 Å². The van der Waals surface area contributed by atoms with Crippen molar-refractivity contribution in [3.05, 3.63) is 60.4 Å². The first-order chi connectivity index (χ1) is 17.7. The Balaban J connectivity index is 0.000000861. The molecular weight excluding hydrogens is 454 g/mol. The first kappa shape index (κ1) is 26.7. The summed E-state index contributed by atoms with van der Waals surface area (Å²) in [6.07, 6.45) is 5.05. The van der Waals surface area contributed by atoms with Crippen molar-refractivity contribution in [1.82, 2.24) is 24.9 Å². The maximum Gasteiger partial charge on any atom is 0.230 e. The van der Waals surface area contributed by atoms with E-state index >= 15 is 0 Å². The molecule has 0 spiro atoms. The van der Waals surface area contributed by atoms with Gasteiger partial charge in [-0.15, -0.1) is 0 Å². The molecule has 5 rings (SSSR count). The molecule has 1 aromatic carbocycles. The Labute approximate surface area is 212 Å². The van der Waals surface area contributed by atoms with Gasteiger partial charge in [0.25, 0.3) is 0 Å². The highest BCUT2D eigenvalue weighted by molar-refractivity contribution is 5.93. The van der Waals surface area contributed by atoms with Crippen LogP contribution in [0.2, 0.25) is 0 Å². The van der Waals surface area contributed by atoms with E-state index in [9.17, 15) is 4.79 Å². The number of aromatic nitrogens is 5. The standard InChI is InChI=1S/C23H23N7O2.2C2H6/c1-15-12-25-18(13-24-15)10-21(31)28-17-4-2-16(3-5-17)20-11-19-22(29-20)26-14-27-23(19)30-6-8-32-9-7-30;2*1-2/h2-5,11-14H,6-10H2,1H3,(H,28,31)(H,26,27,29);2*1-2H3. The Bertz CT molecular complexity index is 1230. The van der Waals surface area contributed by atoms with Crippen molar-refractivity contribution < 1.29 is 9.53 Å². The van der Waals surface area contributed by atoms with Crippen molar-refractivity contribution in [2.24, 2.45) is 0 Å². The van der Waals surface area contributed by atoms with Gasteiger partial charge in [0.2, 0.25) is 5.91 Å². The number of anilines is 2. The number of aryl methyl sites for hydroxylation is 1. The van der Waals surface area contributed by atoms with Gasteiger partial charge in [0, 0.05) is 36.9 Å². The van der Waals surface area contributed by atoms with Crippen molar-refractivity contribution in [2.75, 3.05) is 36.5 Å². The van der Waals surface area contributed by atoms with Crippen LogP contribution in [-0.2, 0) is 16.0 Å². The van der Waals surface area contributed by atoms with Crippen molar-refractivity contribution in [1.29, 1.82) is 0 Å². The number of fused-ring (bicyclic) bond motifs is 1. The number of hydrogen-bond acceptors (Lipinski definition) is 7. The van der Waals surface area contributed by atoms with Crippen LogP contribution in [0.4, 0.5) is 11.5 Å². The lowest BCUT2D eigenvalue weighted by Gasteiger charge is -2.27. The number of aromatic amines is 1. The predicted octanol–water partition coefficient (Wildman–Crippen LogP) is 4.79. The summed E-state index contributed by atoms with van der Waals surface area (Å²) in [6, 6.07) is 9.77. The van der Waals surface area contributed by atoms with E-state index in [0.717, 1.165) is 52.6 Å². The van der Waals surface area contributed by atoms with Crippen LogP contribution in [0.5, 0.6) is 0 Å². The zero-order valence-electron chi connectivity index (χ0n) is 21.7. The summed E-state index contributed by atoms with van der Waals surface area (Å²) < 4.78 is 5.45. The van der Waals surface area contributed by atoms with Crippen molar-refractivity contribution in [2.45, 2.75) is 41.0 Å². The van der Waals surface area contributed by atoms with E-state index in [1.54, 1.807) is 18.7 Å². The van der Waals surface area contributed by atoms with Gasteiger partial charge < -0.3 is 19.9 Å². The summed E-state index contributed by atoms with van der Waals surface area (Å²) in [7, 11) is 0. The van der Waals surface area contributed by atoms with E-state index in [1.807, 2.05) is 58.9 Å². The number of benzene rings is 1. The molecule has 1 aliphatic heterocycles. The molecule has 4 heterocycles. The summed E-state index contributed by atoms with van der Waals surface area (Å²) in [6.45, 7) is 12.9. The number of carbonyl (C=O) groups is 1. The monoisotopic (exact) mass is 489 g/mol. The lowest BCUT2D eigenvalue weighted by Crippen LogP contribution is -2.36. The van der Waals surface area contributed by atoms with E-state index in [1.165, 1.54) is 0 Å². The number of ether oxygens (including phenoxy) is 1. The molecule has 4 aromatic rings. The largest absolute Gasteiger partial charge is 0.378 e. The molecule has 9 nitrogen and oxygen atoms in total. The highest BCUT2D eigenvalue weighted by Gasteiger charge is 2.17. The molecule has 0 saturated carbocycles. The average Bonchev–Trinajstić information content (AvgIpc) is 3.38. The maximum atomic E-state index is 12.3. The second kappa shape index (κ2) is 13.3. The van der Waals surface area contributed by atoms with Crippen LogP contribution in [-0.4, -0.2) is 57.1 Å². The van der Waals surface area contributed by atoms with Crippen LogP contribution in [0.3, 0.4) is 0 Å². The maximum absolute atomic E-state index is 12.3. The molecule has 2 N–H and O–H groups in total. The van der Waals surface area contributed by atoms with E-state index in [0.29, 0.717) is 18.9 Å². The van der Waals surface area contributed by atoms with Gasteiger partial charge in [0.1, 0.15) is 17.8 Å². The van der Waals surface area contributed by atoms with Gasteiger partial charge in [-0.2, -0.15) is 0 Å². The first-order valence-corrected chi connectivity index (χ1v) is 12.5. The second-order valence-electron chi connectivity index (χ2n) is 7.69. The Morgan fingerprint density at radius 3 is 2.39 bits per heavy atom. The molecule has 1 saturated heterocycles. The fraction of sp³-hybridized carbons (Fsp3) is 0.370. The minimum absolute atomic E-state index is 0.132. The van der Waals surface area contributed by atoms with E-state index in [4.69, 9.17) is 4.74 Å². The van der Waals surface area contributed by atoms with Crippen molar-refractivity contribution in [3.63, 3.8) is 0 Å². The van der Waals surface area contributed by atoms with E-state index in [2.05, 4.69) is 41.2 Å². The number of rotatable bonds is 5. The molecule has 0 atom stereocenters. The lowest BCUT2D eigenvalue weighted by molar-refractivity contribution is -0.115. The summed E-state index contributed by atoms with van der Waals surface area (Å²) in [4.78, 5) is 35.2. The summed E-state index contributed by atoms with van der Waals surface area (Å²) in [5.41, 5.74) is 4.93. The highest BCUT2D eigenvalue weighted by atomic mass is 16.5. The Hall–Kier alpha value is -3.85. The predicted molar refractivity (Wildman–Crippen MR) is 144 cm³/mol. The second-order valence-corrected chi connectivity index (χ2v) is 7.69. The van der Waals surface area contributed by atoms with E-state index in [-0.39, 0.29) is 12.3 Å². The molecule has 0 bridgehead atoms. The number of H-pyrrole nitrogens is 1. The molecule has 36 heavy (non-hydrogen) atoms. The smallest absolute Gasteiger partial charge is 0.230 e. The van der Waals surface area contributed by atoms with E-state index < -0.39 is 0 Å². The third kappa shape index (κ3) is 6.63. The molecule has 0 aliphatic carbocycles. The SMILES string of the molecule is CC.CC.Cc1cnc(CC(=O)Nc2ccc(-c3cc4c(N5CCOCC5)ncnc4[nH]3)cc2)cn1. The van der Waals surface area contributed by atoms with Crippen molar-refractivity contribution >= 4 is 28.4 Å². The Morgan fingerprint density at radius 1 is 1.00 bits per heavy atom. The molecule has 190 valence electrons. The van der Waals surface area contributed by atoms with Gasteiger partial charge >= 0.3 is 0 Å². The Kier molecular flexibility index (Phi) is 9.88. The minimum Gasteiger partial charge on any atom is -0.378 e. The highest BCUT2D eigenvalue weighted by Crippen LogP contribution is 2.29. The van der Waals surface area contributed by atoms with Gasteiger partial charge in [0.15, 0.2) is 0 Å². The van der Waals surface area contributed by atoms with Gasteiger partial charge in [-0.05, 0) is 30.7 Å². The zero-order valence-corrected chi connectivity index (χ0v) is 21.7. The summed E-state index contributed by atoms with van der Waals surface area (Å²) in [5.74, 6) is 0.788. The van der Waals surface area contributed by atoms with Gasteiger partial charge in [-0.25, -0.2) is 9.97 Å². The molecule has 1 aliphatic rings. The molecule has 3 aromatic heterocycles. The number of carbonyl (C=O) groups excluding carboxylic acids is 1. The van der Waals surface area contributed by atoms with Crippen LogP contribution in [0.25, 0.3) is 22.3 Å².